The molecule has 1 aromatic carbocycles. The van der Waals surface area contributed by atoms with Gasteiger partial charge < -0.3 is 9.40 Å². The van der Waals surface area contributed by atoms with Crippen LogP contribution in [-0.2, 0) is 0 Å². The lowest BCUT2D eigenvalue weighted by atomic mass is 10.2. The Morgan fingerprint density at radius 2 is 1.83 bits per heavy atom. The van der Waals surface area contributed by atoms with E-state index in [4.69, 9.17) is 4.42 Å². The largest absolute Gasteiger partial charge is 0.466 e. The molecule has 3 aromatic rings. The normalized spacial score (nSPS) is 10.7. The Labute approximate surface area is 130 Å². The Balaban J connectivity index is 1.71. The number of benzene rings is 1. The molecule has 0 aliphatic heterocycles. The lowest BCUT2D eigenvalue weighted by molar-refractivity contribution is 0.0843. The maximum Gasteiger partial charge on any atom is 0.286 e. The van der Waals surface area contributed by atoms with Crippen LogP contribution < -0.4 is 10.9 Å². The number of aryl methyl sites for hydroxylation is 2. The number of hydrogen-bond donors (Lipinski definition) is 3. The summed E-state index contributed by atoms with van der Waals surface area (Å²) in [7, 11) is 0. The first-order valence-corrected chi connectivity index (χ1v) is 6.90. The number of fused-ring (bicyclic) bond motifs is 1. The molecule has 0 atom stereocenters. The maximum absolute atomic E-state index is 13.1. The summed E-state index contributed by atoms with van der Waals surface area (Å²) in [6.07, 6.45) is 0. The Bertz CT molecular complexity index is 911. The molecule has 0 radical (unpaired) electrons. The van der Waals surface area contributed by atoms with E-state index in [2.05, 4.69) is 15.8 Å². The van der Waals surface area contributed by atoms with Gasteiger partial charge >= 0.3 is 0 Å². The summed E-state index contributed by atoms with van der Waals surface area (Å²) < 4.78 is 18.4. The predicted molar refractivity (Wildman–Crippen MR) is 81.4 cm³/mol. The van der Waals surface area contributed by atoms with Crippen molar-refractivity contribution in [3.63, 3.8) is 0 Å². The van der Waals surface area contributed by atoms with Crippen LogP contribution in [0.25, 0.3) is 10.9 Å². The summed E-state index contributed by atoms with van der Waals surface area (Å²) >= 11 is 0. The number of furan rings is 1. The Hall–Kier alpha value is -3.09. The first-order chi connectivity index (χ1) is 10.9. The minimum atomic E-state index is -0.534. The van der Waals surface area contributed by atoms with Crippen LogP contribution in [0.5, 0.6) is 0 Å². The van der Waals surface area contributed by atoms with Gasteiger partial charge in [0.2, 0.25) is 0 Å². The summed E-state index contributed by atoms with van der Waals surface area (Å²) in [5, 5.41) is 0.572. The van der Waals surface area contributed by atoms with Crippen molar-refractivity contribution >= 4 is 22.7 Å². The molecule has 2 heterocycles. The number of amides is 2. The topological polar surface area (TPSA) is 87.1 Å². The van der Waals surface area contributed by atoms with Gasteiger partial charge in [0.05, 0.1) is 5.56 Å². The molecular formula is C16H14FN3O3. The molecule has 6 nitrogen and oxygen atoms in total. The van der Waals surface area contributed by atoms with Crippen LogP contribution in [0.15, 0.2) is 34.7 Å². The zero-order chi connectivity index (χ0) is 16.6. The number of H-pyrrole nitrogens is 1. The lowest BCUT2D eigenvalue weighted by Crippen LogP contribution is -2.41. The van der Waals surface area contributed by atoms with E-state index >= 15 is 0 Å². The zero-order valence-electron chi connectivity index (χ0n) is 12.5. The fraction of sp³-hybridized carbons (Fsp3) is 0.125. The number of carbonyl (C=O) groups excluding carboxylic acids is 2. The van der Waals surface area contributed by atoms with E-state index in [0.717, 1.165) is 0 Å². The summed E-state index contributed by atoms with van der Waals surface area (Å²) in [4.78, 5) is 26.9. The molecule has 0 saturated heterocycles. The van der Waals surface area contributed by atoms with Crippen LogP contribution in [0.2, 0.25) is 0 Å². The second-order valence-corrected chi connectivity index (χ2v) is 5.15. The Kier molecular flexibility index (Phi) is 3.61. The van der Waals surface area contributed by atoms with Gasteiger partial charge in [0.1, 0.15) is 23.0 Å². The number of aromatic nitrogens is 1. The summed E-state index contributed by atoms with van der Waals surface area (Å²) in [6.45, 7) is 3.39. The van der Waals surface area contributed by atoms with Gasteiger partial charge in [-0.2, -0.15) is 0 Å². The molecular weight excluding hydrogens is 301 g/mol. The number of hydrazine groups is 1. The molecule has 23 heavy (non-hydrogen) atoms. The molecule has 0 fully saturated rings. The van der Waals surface area contributed by atoms with E-state index in [1.165, 1.54) is 24.3 Å². The molecule has 0 aliphatic carbocycles. The van der Waals surface area contributed by atoms with Crippen molar-refractivity contribution in [3.05, 3.63) is 58.9 Å². The van der Waals surface area contributed by atoms with Crippen molar-refractivity contribution in [1.29, 1.82) is 0 Å². The van der Waals surface area contributed by atoms with Crippen LogP contribution in [0.1, 0.15) is 32.4 Å². The average molecular weight is 315 g/mol. The molecule has 0 unspecified atom stereocenters. The van der Waals surface area contributed by atoms with Crippen LogP contribution in [-0.4, -0.2) is 16.8 Å². The molecule has 2 aromatic heterocycles. The molecule has 0 aliphatic rings. The number of aromatic amines is 1. The Morgan fingerprint density at radius 3 is 2.52 bits per heavy atom. The van der Waals surface area contributed by atoms with Gasteiger partial charge in [0.15, 0.2) is 0 Å². The highest BCUT2D eigenvalue weighted by atomic mass is 19.1. The molecule has 118 valence electrons. The van der Waals surface area contributed by atoms with Gasteiger partial charge in [-0.25, -0.2) is 4.39 Å². The SMILES string of the molecule is Cc1cc(C(=O)NNC(=O)c2cc3cc(F)ccc3[nH]2)c(C)o1. The number of rotatable bonds is 2. The highest BCUT2D eigenvalue weighted by Crippen LogP contribution is 2.16. The van der Waals surface area contributed by atoms with Gasteiger partial charge in [-0.05, 0) is 44.2 Å². The van der Waals surface area contributed by atoms with E-state index in [1.807, 2.05) is 0 Å². The lowest BCUT2D eigenvalue weighted by Gasteiger charge is -2.05. The summed E-state index contributed by atoms with van der Waals surface area (Å²) in [5.74, 6) is -0.322. The number of hydrogen-bond acceptors (Lipinski definition) is 3. The van der Waals surface area contributed by atoms with Crippen LogP contribution in [0.4, 0.5) is 4.39 Å². The first kappa shape index (κ1) is 14.8. The van der Waals surface area contributed by atoms with Gasteiger partial charge in [-0.15, -0.1) is 0 Å². The Morgan fingerprint density at radius 1 is 1.09 bits per heavy atom. The van der Waals surface area contributed by atoms with E-state index < -0.39 is 11.8 Å². The van der Waals surface area contributed by atoms with E-state index in [-0.39, 0.29) is 11.5 Å². The van der Waals surface area contributed by atoms with Crippen molar-refractivity contribution in [2.24, 2.45) is 0 Å². The monoisotopic (exact) mass is 315 g/mol. The van der Waals surface area contributed by atoms with Crippen LogP contribution in [0.3, 0.4) is 0 Å². The van der Waals surface area contributed by atoms with Gasteiger partial charge in [0, 0.05) is 10.9 Å². The van der Waals surface area contributed by atoms with Gasteiger partial charge in [-0.1, -0.05) is 0 Å². The molecule has 3 N–H and O–H groups in total. The third-order valence-corrected chi connectivity index (χ3v) is 3.40. The number of carbonyl (C=O) groups is 2. The minimum Gasteiger partial charge on any atom is -0.466 e. The second kappa shape index (κ2) is 5.60. The summed E-state index contributed by atoms with van der Waals surface area (Å²) in [5.41, 5.74) is 5.81. The van der Waals surface area contributed by atoms with Crippen molar-refractivity contribution in [3.8, 4) is 0 Å². The van der Waals surface area contributed by atoms with Crippen molar-refractivity contribution in [2.45, 2.75) is 13.8 Å². The van der Waals surface area contributed by atoms with E-state index in [9.17, 15) is 14.0 Å². The predicted octanol–water partition coefficient (Wildman–Crippen LogP) is 2.59. The smallest absolute Gasteiger partial charge is 0.286 e. The number of halogens is 1. The molecule has 0 bridgehead atoms. The summed E-state index contributed by atoms with van der Waals surface area (Å²) in [6, 6.07) is 7.25. The molecule has 0 spiro atoms. The second-order valence-electron chi connectivity index (χ2n) is 5.15. The van der Waals surface area contributed by atoms with E-state index in [0.29, 0.717) is 28.0 Å². The third kappa shape index (κ3) is 2.94. The van der Waals surface area contributed by atoms with Gasteiger partial charge in [0.25, 0.3) is 11.8 Å². The van der Waals surface area contributed by atoms with Crippen LogP contribution in [0, 0.1) is 19.7 Å². The van der Waals surface area contributed by atoms with Crippen molar-refractivity contribution in [1.82, 2.24) is 15.8 Å². The zero-order valence-corrected chi connectivity index (χ0v) is 12.5. The third-order valence-electron chi connectivity index (χ3n) is 3.40. The van der Waals surface area contributed by atoms with Gasteiger partial charge in [-0.3, -0.25) is 20.4 Å². The van der Waals surface area contributed by atoms with E-state index in [1.54, 1.807) is 19.9 Å². The fourth-order valence-electron chi connectivity index (χ4n) is 2.33. The minimum absolute atomic E-state index is 0.214. The molecule has 3 rings (SSSR count). The van der Waals surface area contributed by atoms with Crippen molar-refractivity contribution in [2.75, 3.05) is 0 Å². The quantitative estimate of drug-likeness (QED) is 0.635. The average Bonchev–Trinajstić information content (AvgIpc) is 3.06. The van der Waals surface area contributed by atoms with Crippen molar-refractivity contribution < 1.29 is 18.4 Å². The number of nitrogens with one attached hydrogen (secondary N) is 3. The molecule has 7 heteroatoms. The standard InChI is InChI=1S/C16H14FN3O3/c1-8-5-12(9(2)23-8)15(21)19-20-16(22)14-7-10-6-11(17)3-4-13(10)18-14/h3-7,18H,1-2H3,(H,19,21)(H,20,22). The maximum atomic E-state index is 13.1. The first-order valence-electron chi connectivity index (χ1n) is 6.90. The molecule has 0 saturated carbocycles. The highest BCUT2D eigenvalue weighted by Gasteiger charge is 2.15. The fourth-order valence-corrected chi connectivity index (χ4v) is 2.33. The molecule has 2 amide bonds. The highest BCUT2D eigenvalue weighted by molar-refractivity contribution is 6.01. The van der Waals surface area contributed by atoms with Crippen LogP contribution >= 0.6 is 0 Å².